The van der Waals surface area contributed by atoms with Crippen LogP contribution in [0.3, 0.4) is 0 Å². The van der Waals surface area contributed by atoms with Gasteiger partial charge >= 0.3 is 5.97 Å². The number of unbranched alkanes of at least 4 members (excludes halogenated alkanes) is 3. The minimum Gasteiger partial charge on any atom is -0.481 e. The fourth-order valence-corrected chi connectivity index (χ4v) is 2.88. The van der Waals surface area contributed by atoms with Crippen LogP contribution in [-0.2, 0) is 4.79 Å². The van der Waals surface area contributed by atoms with Gasteiger partial charge in [0.25, 0.3) is 0 Å². The third kappa shape index (κ3) is 5.22. The molecule has 6 heteroatoms. The van der Waals surface area contributed by atoms with Crippen LogP contribution < -0.4 is 0 Å². The summed E-state index contributed by atoms with van der Waals surface area (Å²) in [4.78, 5) is 10.6. The molecule has 0 aliphatic heterocycles. The normalized spacial score (nSPS) is 12.6. The molecule has 0 aliphatic carbocycles. The van der Waals surface area contributed by atoms with Crippen LogP contribution in [0, 0.1) is 6.92 Å². The smallest absolute Gasteiger partial charge is 0.313 e. The van der Waals surface area contributed by atoms with E-state index in [-0.39, 0.29) is 5.75 Å². The standard InChI is InChI=1S/C13H23N3O2S/c1-4-5-6-7-8-10(2)16-11(3)14-15-13(16)19-9-12(17)18/h10H,4-9H2,1-3H3,(H,17,18). The molecule has 0 bridgehead atoms. The van der Waals surface area contributed by atoms with Gasteiger partial charge in [0, 0.05) is 6.04 Å². The summed E-state index contributed by atoms with van der Waals surface area (Å²) in [6.45, 7) is 6.27. The minimum atomic E-state index is -0.826. The van der Waals surface area contributed by atoms with Crippen molar-refractivity contribution in [1.29, 1.82) is 0 Å². The molecule has 0 saturated heterocycles. The molecule has 0 amide bonds. The van der Waals surface area contributed by atoms with E-state index < -0.39 is 5.97 Å². The van der Waals surface area contributed by atoms with Crippen LogP contribution in [0.25, 0.3) is 0 Å². The van der Waals surface area contributed by atoms with E-state index in [4.69, 9.17) is 5.11 Å². The molecule has 1 heterocycles. The van der Waals surface area contributed by atoms with Gasteiger partial charge < -0.3 is 9.67 Å². The van der Waals surface area contributed by atoms with Crippen molar-refractivity contribution in [2.45, 2.75) is 64.1 Å². The molecule has 0 aromatic carbocycles. The number of hydrogen-bond donors (Lipinski definition) is 1. The number of nitrogens with zero attached hydrogens (tertiary/aromatic N) is 3. The highest BCUT2D eigenvalue weighted by atomic mass is 32.2. The van der Waals surface area contributed by atoms with Crippen LogP contribution in [0.15, 0.2) is 5.16 Å². The maximum Gasteiger partial charge on any atom is 0.313 e. The fourth-order valence-electron chi connectivity index (χ4n) is 2.08. The summed E-state index contributed by atoms with van der Waals surface area (Å²) in [5.74, 6) is 0.0596. The molecule has 1 aromatic heterocycles. The predicted molar refractivity (Wildman–Crippen MR) is 76.6 cm³/mol. The molecule has 1 N–H and O–H groups in total. The molecule has 108 valence electrons. The van der Waals surface area contributed by atoms with Crippen molar-refractivity contribution in [2.24, 2.45) is 0 Å². The van der Waals surface area contributed by atoms with E-state index in [0.717, 1.165) is 12.2 Å². The first-order valence-corrected chi connectivity index (χ1v) is 7.81. The Labute approximate surface area is 118 Å². The maximum atomic E-state index is 10.6. The second kappa shape index (κ2) is 8.19. The summed E-state index contributed by atoms with van der Waals surface area (Å²) in [6, 6.07) is 0.322. The van der Waals surface area contributed by atoms with Crippen LogP contribution in [0.2, 0.25) is 0 Å². The molecule has 1 aromatic rings. The quantitative estimate of drug-likeness (QED) is 0.557. The highest BCUT2D eigenvalue weighted by Gasteiger charge is 2.15. The number of rotatable bonds is 9. The number of aryl methyl sites for hydroxylation is 1. The van der Waals surface area contributed by atoms with Gasteiger partial charge in [-0.3, -0.25) is 4.79 Å². The monoisotopic (exact) mass is 285 g/mol. The Morgan fingerprint density at radius 2 is 2.11 bits per heavy atom. The molecule has 0 aliphatic rings. The van der Waals surface area contributed by atoms with E-state index in [1.165, 1.54) is 37.4 Å². The lowest BCUT2D eigenvalue weighted by Crippen LogP contribution is -2.10. The Kier molecular flexibility index (Phi) is 6.91. The van der Waals surface area contributed by atoms with Crippen molar-refractivity contribution < 1.29 is 9.90 Å². The lowest BCUT2D eigenvalue weighted by molar-refractivity contribution is -0.133. The Balaban J connectivity index is 2.59. The molecule has 1 unspecified atom stereocenters. The van der Waals surface area contributed by atoms with E-state index in [2.05, 4.69) is 28.6 Å². The average Bonchev–Trinajstić information content (AvgIpc) is 2.73. The SMILES string of the molecule is CCCCCCC(C)n1c(C)nnc1SCC(=O)O. The van der Waals surface area contributed by atoms with Crippen molar-refractivity contribution in [3.05, 3.63) is 5.82 Å². The van der Waals surface area contributed by atoms with Crippen LogP contribution in [0.4, 0.5) is 0 Å². The third-order valence-electron chi connectivity index (χ3n) is 3.08. The van der Waals surface area contributed by atoms with Gasteiger partial charge in [-0.2, -0.15) is 0 Å². The van der Waals surface area contributed by atoms with Gasteiger partial charge in [-0.15, -0.1) is 10.2 Å². The summed E-state index contributed by atoms with van der Waals surface area (Å²) in [5, 5.41) is 17.6. The minimum absolute atomic E-state index is 0.0285. The lowest BCUT2D eigenvalue weighted by atomic mass is 10.1. The predicted octanol–water partition coefficient (Wildman–Crippen LogP) is 3.29. The Hall–Kier alpha value is -1.04. The molecule has 0 spiro atoms. The first-order valence-electron chi connectivity index (χ1n) is 6.82. The van der Waals surface area contributed by atoms with Crippen molar-refractivity contribution >= 4 is 17.7 Å². The van der Waals surface area contributed by atoms with Crippen molar-refractivity contribution in [2.75, 3.05) is 5.75 Å². The first kappa shape index (κ1) is 16.0. The second-order valence-electron chi connectivity index (χ2n) is 4.78. The first-order chi connectivity index (χ1) is 9.06. The zero-order chi connectivity index (χ0) is 14.3. The summed E-state index contributed by atoms with van der Waals surface area (Å²) >= 11 is 1.24. The van der Waals surface area contributed by atoms with E-state index in [0.29, 0.717) is 11.2 Å². The zero-order valence-corrected chi connectivity index (χ0v) is 12.7. The van der Waals surface area contributed by atoms with Crippen LogP contribution in [-0.4, -0.2) is 31.6 Å². The Bertz CT molecular complexity index is 407. The molecule has 19 heavy (non-hydrogen) atoms. The van der Waals surface area contributed by atoms with Gasteiger partial charge in [0.2, 0.25) is 0 Å². The number of carboxylic acid groups (broad SMARTS) is 1. The van der Waals surface area contributed by atoms with Crippen LogP contribution in [0.5, 0.6) is 0 Å². The van der Waals surface area contributed by atoms with Crippen LogP contribution >= 0.6 is 11.8 Å². The number of carboxylic acids is 1. The van der Waals surface area contributed by atoms with Gasteiger partial charge in [0.1, 0.15) is 5.82 Å². The van der Waals surface area contributed by atoms with Crippen molar-refractivity contribution in [3.63, 3.8) is 0 Å². The number of aliphatic carboxylic acids is 1. The summed E-state index contributed by atoms with van der Waals surface area (Å²) in [7, 11) is 0. The molecular formula is C13H23N3O2S. The third-order valence-corrected chi connectivity index (χ3v) is 4.00. The van der Waals surface area contributed by atoms with E-state index >= 15 is 0 Å². The molecule has 0 saturated carbocycles. The lowest BCUT2D eigenvalue weighted by Gasteiger charge is -2.16. The van der Waals surface area contributed by atoms with Gasteiger partial charge in [-0.05, 0) is 20.3 Å². The Morgan fingerprint density at radius 3 is 2.74 bits per heavy atom. The Morgan fingerprint density at radius 1 is 1.37 bits per heavy atom. The van der Waals surface area contributed by atoms with Crippen molar-refractivity contribution in [3.8, 4) is 0 Å². The van der Waals surface area contributed by atoms with Crippen molar-refractivity contribution in [1.82, 2.24) is 14.8 Å². The summed E-state index contributed by atoms with van der Waals surface area (Å²) in [5.41, 5.74) is 0. The average molecular weight is 285 g/mol. The molecule has 1 atom stereocenters. The summed E-state index contributed by atoms with van der Waals surface area (Å²) < 4.78 is 2.06. The highest BCUT2D eigenvalue weighted by molar-refractivity contribution is 7.99. The number of thioether (sulfide) groups is 1. The van der Waals surface area contributed by atoms with Gasteiger partial charge in [0.15, 0.2) is 5.16 Å². The maximum absolute atomic E-state index is 10.6. The van der Waals surface area contributed by atoms with E-state index in [9.17, 15) is 4.79 Å². The number of hydrogen-bond acceptors (Lipinski definition) is 4. The molecule has 5 nitrogen and oxygen atoms in total. The molecular weight excluding hydrogens is 262 g/mol. The van der Waals surface area contributed by atoms with Crippen LogP contribution in [0.1, 0.15) is 57.8 Å². The fraction of sp³-hybridized carbons (Fsp3) is 0.769. The zero-order valence-electron chi connectivity index (χ0n) is 11.9. The molecule has 0 radical (unpaired) electrons. The number of aromatic nitrogens is 3. The largest absolute Gasteiger partial charge is 0.481 e. The molecule has 1 rings (SSSR count). The topological polar surface area (TPSA) is 68.0 Å². The van der Waals surface area contributed by atoms with Gasteiger partial charge in [0.05, 0.1) is 5.75 Å². The number of carbonyl (C=O) groups is 1. The second-order valence-corrected chi connectivity index (χ2v) is 5.72. The van der Waals surface area contributed by atoms with E-state index in [1.54, 1.807) is 0 Å². The highest BCUT2D eigenvalue weighted by Crippen LogP contribution is 2.24. The molecule has 0 fully saturated rings. The summed E-state index contributed by atoms with van der Waals surface area (Å²) in [6.07, 6.45) is 6.03. The van der Waals surface area contributed by atoms with Gasteiger partial charge in [-0.1, -0.05) is 44.4 Å². The van der Waals surface area contributed by atoms with Gasteiger partial charge in [-0.25, -0.2) is 0 Å². The van der Waals surface area contributed by atoms with E-state index in [1.807, 2.05) is 6.92 Å².